The molecular formula is C19H22N2O4. The lowest BCUT2D eigenvalue weighted by Gasteiger charge is -2.17. The summed E-state index contributed by atoms with van der Waals surface area (Å²) >= 11 is 0. The summed E-state index contributed by atoms with van der Waals surface area (Å²) in [6.07, 6.45) is -0.0388. The lowest BCUT2D eigenvalue weighted by molar-refractivity contribution is -0.117. The molecule has 0 aliphatic rings. The van der Waals surface area contributed by atoms with Crippen molar-refractivity contribution in [3.05, 3.63) is 52.3 Å². The maximum atomic E-state index is 12.6. The lowest BCUT2D eigenvalue weighted by Crippen LogP contribution is -2.28. The second-order valence-electron chi connectivity index (χ2n) is 5.99. The van der Waals surface area contributed by atoms with Crippen LogP contribution in [0.3, 0.4) is 0 Å². The van der Waals surface area contributed by atoms with Crippen LogP contribution in [0.4, 0.5) is 5.69 Å². The fourth-order valence-corrected chi connectivity index (χ4v) is 2.70. The number of esters is 1. The molecule has 0 spiro atoms. The molecule has 6 nitrogen and oxygen atoms in total. The van der Waals surface area contributed by atoms with Crippen LogP contribution in [0.1, 0.15) is 44.6 Å². The van der Waals surface area contributed by atoms with Crippen LogP contribution in [0.15, 0.2) is 24.3 Å². The van der Waals surface area contributed by atoms with Crippen LogP contribution >= 0.6 is 0 Å². The van der Waals surface area contributed by atoms with Crippen LogP contribution in [0.5, 0.6) is 0 Å². The van der Waals surface area contributed by atoms with Crippen molar-refractivity contribution in [3.8, 4) is 0 Å². The number of aromatic nitrogens is 1. The largest absolute Gasteiger partial charge is 0.465 e. The van der Waals surface area contributed by atoms with Gasteiger partial charge in [-0.3, -0.25) is 9.59 Å². The molecule has 1 aromatic carbocycles. The number of ether oxygens (including phenoxy) is 1. The minimum absolute atomic E-state index is 0.0388. The fourth-order valence-electron chi connectivity index (χ4n) is 2.70. The van der Waals surface area contributed by atoms with Crippen molar-refractivity contribution in [1.82, 2.24) is 4.98 Å². The highest BCUT2D eigenvalue weighted by molar-refractivity contribution is 6.02. The van der Waals surface area contributed by atoms with Gasteiger partial charge in [0.1, 0.15) is 0 Å². The van der Waals surface area contributed by atoms with E-state index in [1.165, 1.54) is 18.9 Å². The quantitative estimate of drug-likeness (QED) is 0.669. The zero-order valence-electron chi connectivity index (χ0n) is 15.1. The maximum Gasteiger partial charge on any atom is 0.339 e. The van der Waals surface area contributed by atoms with E-state index in [0.717, 1.165) is 11.3 Å². The molecule has 0 saturated carbocycles. The Hall–Kier alpha value is -2.89. The molecule has 0 saturated heterocycles. The Morgan fingerprint density at radius 2 is 1.72 bits per heavy atom. The Morgan fingerprint density at radius 1 is 1.12 bits per heavy atom. The summed E-state index contributed by atoms with van der Waals surface area (Å²) in [7, 11) is 2.94. The van der Waals surface area contributed by atoms with E-state index in [1.54, 1.807) is 14.0 Å². The summed E-state index contributed by atoms with van der Waals surface area (Å²) in [5, 5.41) is 0. The normalized spacial score (nSPS) is 10.4. The predicted octanol–water partition coefficient (Wildman–Crippen LogP) is 2.83. The van der Waals surface area contributed by atoms with Crippen LogP contribution in [-0.2, 0) is 16.0 Å². The molecule has 1 amide bonds. The highest BCUT2D eigenvalue weighted by Gasteiger charge is 2.25. The third-order valence-electron chi connectivity index (χ3n) is 4.19. The van der Waals surface area contributed by atoms with Crippen LogP contribution in [-0.4, -0.2) is 36.8 Å². The third kappa shape index (κ3) is 3.79. The van der Waals surface area contributed by atoms with Gasteiger partial charge in [-0.1, -0.05) is 17.7 Å². The number of carbonyl (C=O) groups is 3. The number of aromatic amines is 1. The van der Waals surface area contributed by atoms with Crippen molar-refractivity contribution in [3.63, 3.8) is 0 Å². The molecule has 6 heteroatoms. The summed E-state index contributed by atoms with van der Waals surface area (Å²) in [6, 6.07) is 7.56. The van der Waals surface area contributed by atoms with E-state index in [2.05, 4.69) is 4.98 Å². The van der Waals surface area contributed by atoms with Gasteiger partial charge in [0, 0.05) is 25.4 Å². The number of hydrogen-bond donors (Lipinski definition) is 1. The Bertz CT molecular complexity index is 819. The summed E-state index contributed by atoms with van der Waals surface area (Å²) in [5.74, 6) is -0.972. The van der Waals surface area contributed by atoms with Gasteiger partial charge in [0.15, 0.2) is 5.78 Å². The summed E-state index contributed by atoms with van der Waals surface area (Å²) in [4.78, 5) is 40.9. The van der Waals surface area contributed by atoms with E-state index in [4.69, 9.17) is 4.74 Å². The molecule has 1 N–H and O–H groups in total. The molecule has 0 bridgehead atoms. The first-order valence-corrected chi connectivity index (χ1v) is 7.90. The van der Waals surface area contributed by atoms with Crippen molar-refractivity contribution >= 4 is 23.3 Å². The minimum Gasteiger partial charge on any atom is -0.465 e. The van der Waals surface area contributed by atoms with E-state index in [-0.39, 0.29) is 23.7 Å². The number of nitrogens with zero attached hydrogens (tertiary/aromatic N) is 1. The van der Waals surface area contributed by atoms with E-state index < -0.39 is 5.97 Å². The maximum absolute atomic E-state index is 12.6. The molecule has 1 aromatic heterocycles. The zero-order valence-corrected chi connectivity index (χ0v) is 15.1. The van der Waals surface area contributed by atoms with Crippen molar-refractivity contribution in [2.75, 3.05) is 19.1 Å². The standard InChI is InChI=1S/C19H22N2O4/c1-11-6-8-14(9-7-11)21(4)16(23)10-15-17(19(24)25-5)12(2)18(20-15)13(3)22/h6-9,20H,10H2,1-5H3. The number of nitrogens with one attached hydrogen (secondary N) is 1. The summed E-state index contributed by atoms with van der Waals surface area (Å²) < 4.78 is 4.80. The van der Waals surface area contributed by atoms with Gasteiger partial charge < -0.3 is 14.6 Å². The smallest absolute Gasteiger partial charge is 0.339 e. The van der Waals surface area contributed by atoms with E-state index >= 15 is 0 Å². The fraction of sp³-hybridized carbons (Fsp3) is 0.316. The van der Waals surface area contributed by atoms with Gasteiger partial charge in [-0.25, -0.2) is 4.79 Å². The topological polar surface area (TPSA) is 79.5 Å². The van der Waals surface area contributed by atoms with Crippen molar-refractivity contribution in [2.45, 2.75) is 27.2 Å². The van der Waals surface area contributed by atoms with Crippen molar-refractivity contribution < 1.29 is 19.1 Å². The molecule has 1 heterocycles. The predicted molar refractivity (Wildman–Crippen MR) is 95.2 cm³/mol. The number of amides is 1. The van der Waals surface area contributed by atoms with Crippen LogP contribution < -0.4 is 4.90 Å². The second-order valence-corrected chi connectivity index (χ2v) is 5.99. The first-order valence-electron chi connectivity index (χ1n) is 7.90. The molecule has 0 aliphatic heterocycles. The van der Waals surface area contributed by atoms with Gasteiger partial charge in [-0.15, -0.1) is 0 Å². The van der Waals surface area contributed by atoms with Crippen molar-refractivity contribution in [2.24, 2.45) is 0 Å². The number of ketones is 1. The number of anilines is 1. The van der Waals surface area contributed by atoms with Gasteiger partial charge in [0.05, 0.1) is 24.8 Å². The number of Topliss-reactive ketones (excluding diaryl/α,β-unsaturated/α-hetero) is 1. The van der Waals surface area contributed by atoms with Gasteiger partial charge in [0.2, 0.25) is 5.91 Å². The number of hydrogen-bond acceptors (Lipinski definition) is 4. The van der Waals surface area contributed by atoms with Gasteiger partial charge >= 0.3 is 5.97 Å². The number of likely N-dealkylation sites (N-methyl/N-ethyl adjacent to an activating group) is 1. The highest BCUT2D eigenvalue weighted by atomic mass is 16.5. The number of carbonyl (C=O) groups excluding carboxylic acids is 3. The Labute approximate surface area is 146 Å². The number of benzene rings is 1. The number of methoxy groups -OCH3 is 1. The molecule has 132 valence electrons. The molecule has 2 aromatic rings. The molecule has 0 radical (unpaired) electrons. The molecule has 2 rings (SSSR count). The average molecular weight is 342 g/mol. The molecular weight excluding hydrogens is 320 g/mol. The molecule has 0 atom stereocenters. The molecule has 0 unspecified atom stereocenters. The first-order chi connectivity index (χ1) is 11.8. The van der Waals surface area contributed by atoms with E-state index in [1.807, 2.05) is 31.2 Å². The highest BCUT2D eigenvalue weighted by Crippen LogP contribution is 2.22. The number of aryl methyl sites for hydroxylation is 1. The monoisotopic (exact) mass is 342 g/mol. The number of H-pyrrole nitrogens is 1. The van der Waals surface area contributed by atoms with E-state index in [9.17, 15) is 14.4 Å². The van der Waals surface area contributed by atoms with Crippen molar-refractivity contribution in [1.29, 1.82) is 0 Å². The Morgan fingerprint density at radius 3 is 2.24 bits per heavy atom. The Kier molecular flexibility index (Phi) is 5.41. The minimum atomic E-state index is -0.568. The summed E-state index contributed by atoms with van der Waals surface area (Å²) in [5.41, 5.74) is 3.31. The zero-order chi connectivity index (χ0) is 18.7. The average Bonchev–Trinajstić information content (AvgIpc) is 2.90. The lowest BCUT2D eigenvalue weighted by atomic mass is 10.1. The number of rotatable bonds is 5. The van der Waals surface area contributed by atoms with Crippen LogP contribution in [0, 0.1) is 13.8 Å². The van der Waals surface area contributed by atoms with Crippen LogP contribution in [0.25, 0.3) is 0 Å². The second kappa shape index (κ2) is 7.34. The van der Waals surface area contributed by atoms with Gasteiger partial charge in [-0.2, -0.15) is 0 Å². The first kappa shape index (κ1) is 18.4. The third-order valence-corrected chi connectivity index (χ3v) is 4.19. The molecule has 0 aliphatic carbocycles. The summed E-state index contributed by atoms with van der Waals surface area (Å²) in [6.45, 7) is 5.04. The molecule has 0 fully saturated rings. The van der Waals surface area contributed by atoms with E-state index in [0.29, 0.717) is 17.0 Å². The molecule has 25 heavy (non-hydrogen) atoms. The SMILES string of the molecule is COC(=O)c1c(CC(=O)N(C)c2ccc(C)cc2)[nH]c(C(C)=O)c1C. The van der Waals surface area contributed by atoms with Crippen LogP contribution in [0.2, 0.25) is 0 Å². The van der Waals surface area contributed by atoms with Gasteiger partial charge in [-0.05, 0) is 31.5 Å². The van der Waals surface area contributed by atoms with Gasteiger partial charge in [0.25, 0.3) is 0 Å². The Balaban J connectivity index is 2.33.